The molecule has 0 aliphatic rings. The van der Waals surface area contributed by atoms with E-state index < -0.39 is 4.92 Å². The van der Waals surface area contributed by atoms with E-state index in [1.54, 1.807) is 0 Å². The molecule has 126 valence electrons. The third-order valence-corrected chi connectivity index (χ3v) is 3.29. The summed E-state index contributed by atoms with van der Waals surface area (Å²) in [4.78, 5) is 21.8. The molecule has 0 spiro atoms. The van der Waals surface area contributed by atoms with E-state index in [4.69, 9.17) is 4.74 Å². The predicted octanol–water partition coefficient (Wildman–Crippen LogP) is 3.49. The number of rotatable bonds is 7. The summed E-state index contributed by atoms with van der Waals surface area (Å²) in [5.74, 6) is 0.841. The second-order valence-electron chi connectivity index (χ2n) is 5.15. The van der Waals surface area contributed by atoms with Crippen LogP contribution in [0.5, 0.6) is 5.75 Å². The second-order valence-corrected chi connectivity index (χ2v) is 5.15. The van der Waals surface area contributed by atoms with Crippen molar-refractivity contribution in [2.45, 2.75) is 13.3 Å². The molecular formula is C17H19N3O4. The highest BCUT2D eigenvalue weighted by molar-refractivity contribution is 5.89. The molecule has 2 rings (SSSR count). The number of hydrogen-bond donors (Lipinski definition) is 2. The lowest BCUT2D eigenvalue weighted by molar-refractivity contribution is -0.384. The van der Waals surface area contributed by atoms with Crippen LogP contribution < -0.4 is 15.4 Å². The molecule has 0 unspecified atom stereocenters. The van der Waals surface area contributed by atoms with E-state index in [-0.39, 0.29) is 11.7 Å². The van der Waals surface area contributed by atoms with Gasteiger partial charge in [0.1, 0.15) is 5.75 Å². The lowest BCUT2D eigenvalue weighted by Crippen LogP contribution is -2.30. The molecule has 0 heterocycles. The summed E-state index contributed by atoms with van der Waals surface area (Å²) in [5, 5.41) is 15.9. The number of anilines is 1. The predicted molar refractivity (Wildman–Crippen MR) is 91.4 cm³/mol. The first-order valence-corrected chi connectivity index (χ1v) is 7.54. The van der Waals surface area contributed by atoms with Gasteiger partial charge in [0.2, 0.25) is 0 Å². The summed E-state index contributed by atoms with van der Waals surface area (Å²) in [6, 6.07) is 13.0. The largest absolute Gasteiger partial charge is 0.493 e. The number of nitro benzene ring substituents is 1. The number of benzene rings is 2. The molecule has 24 heavy (non-hydrogen) atoms. The molecule has 7 heteroatoms. The van der Waals surface area contributed by atoms with E-state index in [1.807, 2.05) is 31.2 Å². The molecule has 0 aliphatic heterocycles. The van der Waals surface area contributed by atoms with Gasteiger partial charge in [0.25, 0.3) is 5.69 Å². The van der Waals surface area contributed by atoms with E-state index in [0.717, 1.165) is 11.3 Å². The van der Waals surface area contributed by atoms with Crippen LogP contribution in [0, 0.1) is 17.0 Å². The number of para-hydroxylation sites is 1. The smallest absolute Gasteiger partial charge is 0.319 e. The van der Waals surface area contributed by atoms with Crippen molar-refractivity contribution < 1.29 is 14.5 Å². The van der Waals surface area contributed by atoms with Gasteiger partial charge in [-0.1, -0.05) is 18.2 Å². The Morgan fingerprint density at radius 2 is 1.88 bits per heavy atom. The van der Waals surface area contributed by atoms with Gasteiger partial charge in [-0.15, -0.1) is 0 Å². The third-order valence-electron chi connectivity index (χ3n) is 3.29. The fourth-order valence-corrected chi connectivity index (χ4v) is 2.02. The molecule has 2 amide bonds. The van der Waals surface area contributed by atoms with Gasteiger partial charge in [-0.05, 0) is 37.1 Å². The fraction of sp³-hybridized carbons (Fsp3) is 0.235. The average Bonchev–Trinajstić information content (AvgIpc) is 2.56. The molecule has 2 aromatic rings. The summed E-state index contributed by atoms with van der Waals surface area (Å²) in [6.07, 6.45) is 0.669. The monoisotopic (exact) mass is 329 g/mol. The Morgan fingerprint density at radius 3 is 2.54 bits per heavy atom. The number of hydrogen-bond acceptors (Lipinski definition) is 4. The SMILES string of the molecule is Cc1ccccc1OCCCNC(=O)Nc1ccc([N+](=O)[O-])cc1. The maximum atomic E-state index is 11.7. The van der Waals surface area contributed by atoms with Gasteiger partial charge in [0.05, 0.1) is 11.5 Å². The minimum absolute atomic E-state index is 0.0192. The van der Waals surface area contributed by atoms with Crippen molar-refractivity contribution in [1.82, 2.24) is 5.32 Å². The minimum atomic E-state index is -0.488. The van der Waals surface area contributed by atoms with Crippen molar-refractivity contribution in [1.29, 1.82) is 0 Å². The van der Waals surface area contributed by atoms with Crippen molar-refractivity contribution in [2.75, 3.05) is 18.5 Å². The zero-order chi connectivity index (χ0) is 17.4. The highest BCUT2D eigenvalue weighted by atomic mass is 16.6. The zero-order valence-electron chi connectivity index (χ0n) is 13.3. The first-order chi connectivity index (χ1) is 11.6. The van der Waals surface area contributed by atoms with Crippen LogP contribution in [0.4, 0.5) is 16.2 Å². The molecule has 0 radical (unpaired) electrons. The summed E-state index contributed by atoms with van der Waals surface area (Å²) in [7, 11) is 0. The number of ether oxygens (including phenoxy) is 1. The molecule has 0 bridgehead atoms. The van der Waals surface area contributed by atoms with Crippen molar-refractivity contribution in [3.8, 4) is 5.75 Å². The van der Waals surface area contributed by atoms with E-state index in [2.05, 4.69) is 10.6 Å². The van der Waals surface area contributed by atoms with Crippen LogP contribution in [0.3, 0.4) is 0 Å². The highest BCUT2D eigenvalue weighted by Crippen LogP contribution is 2.16. The average molecular weight is 329 g/mol. The van der Waals surface area contributed by atoms with Crippen molar-refractivity contribution in [3.63, 3.8) is 0 Å². The first-order valence-electron chi connectivity index (χ1n) is 7.54. The molecule has 7 nitrogen and oxygen atoms in total. The molecule has 0 saturated heterocycles. The standard InChI is InChI=1S/C17H19N3O4/c1-13-5-2-3-6-16(13)24-12-4-11-18-17(21)19-14-7-9-15(10-8-14)20(22)23/h2-3,5-10H,4,11-12H2,1H3,(H2,18,19,21). The van der Waals surface area contributed by atoms with Gasteiger partial charge < -0.3 is 15.4 Å². The van der Waals surface area contributed by atoms with Gasteiger partial charge >= 0.3 is 6.03 Å². The Morgan fingerprint density at radius 1 is 1.17 bits per heavy atom. The minimum Gasteiger partial charge on any atom is -0.493 e. The molecule has 2 N–H and O–H groups in total. The summed E-state index contributed by atoms with van der Waals surface area (Å²) >= 11 is 0. The summed E-state index contributed by atoms with van der Waals surface area (Å²) in [5.41, 5.74) is 1.55. The molecule has 2 aromatic carbocycles. The van der Waals surface area contributed by atoms with E-state index in [0.29, 0.717) is 25.3 Å². The number of urea groups is 1. The Bertz CT molecular complexity index is 701. The number of nitrogens with one attached hydrogen (secondary N) is 2. The number of aryl methyl sites for hydroxylation is 1. The van der Waals surface area contributed by atoms with Crippen LogP contribution in [0.1, 0.15) is 12.0 Å². The Balaban J connectivity index is 1.66. The molecule has 0 aliphatic carbocycles. The maximum Gasteiger partial charge on any atom is 0.319 e. The highest BCUT2D eigenvalue weighted by Gasteiger charge is 2.06. The van der Waals surface area contributed by atoms with E-state index >= 15 is 0 Å². The van der Waals surface area contributed by atoms with Crippen molar-refractivity contribution >= 4 is 17.4 Å². The second kappa shape index (κ2) is 8.52. The zero-order valence-corrected chi connectivity index (χ0v) is 13.3. The van der Waals surface area contributed by atoms with Crippen LogP contribution in [0.2, 0.25) is 0 Å². The van der Waals surface area contributed by atoms with Crippen LogP contribution in [-0.2, 0) is 0 Å². The normalized spacial score (nSPS) is 10.0. The number of nitro groups is 1. The molecule has 0 fully saturated rings. The van der Waals surface area contributed by atoms with Crippen LogP contribution in [-0.4, -0.2) is 24.1 Å². The van der Waals surface area contributed by atoms with Gasteiger partial charge in [0, 0.05) is 24.4 Å². The van der Waals surface area contributed by atoms with Crippen molar-refractivity contribution in [3.05, 3.63) is 64.2 Å². The van der Waals surface area contributed by atoms with Gasteiger partial charge in [-0.3, -0.25) is 10.1 Å². The van der Waals surface area contributed by atoms with Crippen LogP contribution in [0.15, 0.2) is 48.5 Å². The number of carbonyl (C=O) groups excluding carboxylic acids is 1. The lowest BCUT2D eigenvalue weighted by Gasteiger charge is -2.10. The molecular weight excluding hydrogens is 310 g/mol. The number of non-ortho nitro benzene ring substituents is 1. The van der Waals surface area contributed by atoms with Gasteiger partial charge in [-0.2, -0.15) is 0 Å². The van der Waals surface area contributed by atoms with Crippen LogP contribution in [0.25, 0.3) is 0 Å². The quantitative estimate of drug-likeness (QED) is 0.462. The van der Waals surface area contributed by atoms with Crippen molar-refractivity contribution in [2.24, 2.45) is 0 Å². The Kier molecular flexibility index (Phi) is 6.13. The molecule has 0 saturated carbocycles. The lowest BCUT2D eigenvalue weighted by atomic mass is 10.2. The maximum absolute atomic E-state index is 11.7. The Hall–Kier alpha value is -3.09. The fourth-order valence-electron chi connectivity index (χ4n) is 2.02. The van der Waals surface area contributed by atoms with E-state index in [1.165, 1.54) is 24.3 Å². The Labute approximate surface area is 139 Å². The third kappa shape index (κ3) is 5.28. The summed E-state index contributed by atoms with van der Waals surface area (Å²) < 4.78 is 5.64. The van der Waals surface area contributed by atoms with E-state index in [9.17, 15) is 14.9 Å². The van der Waals surface area contributed by atoms with Gasteiger partial charge in [0.15, 0.2) is 0 Å². The summed E-state index contributed by atoms with van der Waals surface area (Å²) in [6.45, 7) is 2.94. The van der Waals surface area contributed by atoms with Crippen LogP contribution >= 0.6 is 0 Å². The number of nitrogens with zero attached hydrogens (tertiary/aromatic N) is 1. The number of carbonyl (C=O) groups is 1. The first kappa shape index (κ1) is 17.3. The molecule has 0 aromatic heterocycles. The topological polar surface area (TPSA) is 93.5 Å². The number of amides is 2. The van der Waals surface area contributed by atoms with Gasteiger partial charge in [-0.25, -0.2) is 4.79 Å². The molecule has 0 atom stereocenters.